The molecule has 2 heterocycles. The highest BCUT2D eigenvalue weighted by Gasteiger charge is 2.35. The van der Waals surface area contributed by atoms with Crippen LogP contribution in [0.1, 0.15) is 35.9 Å². The number of non-ortho nitro benzene ring substituents is 1. The molecule has 1 aliphatic rings. The second kappa shape index (κ2) is 10.3. The lowest BCUT2D eigenvalue weighted by Crippen LogP contribution is -2.47. The third-order valence-corrected chi connectivity index (χ3v) is 8.79. The minimum Gasteiger partial charge on any atom is -0.330 e. The molecule has 1 atom stereocenters. The zero-order chi connectivity index (χ0) is 25.2. The van der Waals surface area contributed by atoms with Crippen molar-refractivity contribution in [3.8, 4) is 0 Å². The summed E-state index contributed by atoms with van der Waals surface area (Å²) in [6, 6.07) is 16.3. The minimum absolute atomic E-state index is 0.0228. The number of rotatable bonds is 8. The lowest BCUT2D eigenvalue weighted by atomic mass is 9.93. The Bertz CT molecular complexity index is 1300. The number of nitro groups is 1. The normalized spacial score (nSPS) is 15.9. The van der Waals surface area contributed by atoms with Gasteiger partial charge in [0.1, 0.15) is 0 Å². The van der Waals surface area contributed by atoms with E-state index in [4.69, 9.17) is 0 Å². The maximum atomic E-state index is 13.7. The highest BCUT2D eigenvalue weighted by Crippen LogP contribution is 2.38. The summed E-state index contributed by atoms with van der Waals surface area (Å²) in [5.74, 6) is -0.299. The van der Waals surface area contributed by atoms with Crippen LogP contribution < -0.4 is 0 Å². The van der Waals surface area contributed by atoms with Gasteiger partial charge in [0.25, 0.3) is 5.69 Å². The molecular weight excluding hydrogens is 486 g/mol. The lowest BCUT2D eigenvalue weighted by molar-refractivity contribution is -0.384. The van der Waals surface area contributed by atoms with E-state index in [0.29, 0.717) is 6.54 Å². The first-order chi connectivity index (χ1) is 16.7. The third-order valence-electron chi connectivity index (χ3n) is 5.97. The summed E-state index contributed by atoms with van der Waals surface area (Å²) < 4.78 is 28.1. The van der Waals surface area contributed by atoms with Gasteiger partial charge in [0.2, 0.25) is 15.9 Å². The molecule has 0 bridgehead atoms. The molecule has 0 spiro atoms. The molecule has 10 heteroatoms. The number of thiophene rings is 1. The molecule has 2 aromatic carbocycles. The molecule has 0 saturated heterocycles. The Labute approximate surface area is 209 Å². The first-order valence-corrected chi connectivity index (χ1v) is 13.7. The van der Waals surface area contributed by atoms with Gasteiger partial charge in [-0.25, -0.2) is 8.42 Å². The summed E-state index contributed by atoms with van der Waals surface area (Å²) in [4.78, 5) is 27.0. The molecule has 1 aromatic heterocycles. The van der Waals surface area contributed by atoms with Gasteiger partial charge in [-0.05, 0) is 47.0 Å². The third kappa shape index (κ3) is 5.29. The molecule has 3 aromatic rings. The first-order valence-electron chi connectivity index (χ1n) is 11.3. The number of sulfonamides is 1. The Morgan fingerprint density at radius 1 is 1.14 bits per heavy atom. The van der Waals surface area contributed by atoms with Crippen LogP contribution in [0.25, 0.3) is 0 Å². The maximum Gasteiger partial charge on any atom is 0.269 e. The SMILES string of the molecule is CC(C)CN(CC(=O)N1CCc2sccc2C1c1ccccc1)S(=O)(=O)c1ccc([N+](=O)[O-])cc1. The number of hydrogen-bond acceptors (Lipinski definition) is 6. The minimum atomic E-state index is -4.04. The van der Waals surface area contributed by atoms with Crippen LogP contribution in [0.4, 0.5) is 5.69 Å². The van der Waals surface area contributed by atoms with Crippen molar-refractivity contribution in [2.75, 3.05) is 19.6 Å². The van der Waals surface area contributed by atoms with Crippen LogP contribution in [0, 0.1) is 16.0 Å². The second-order valence-corrected chi connectivity index (χ2v) is 11.8. The zero-order valence-corrected chi connectivity index (χ0v) is 21.2. The summed E-state index contributed by atoms with van der Waals surface area (Å²) in [5.41, 5.74) is 1.87. The number of carbonyl (C=O) groups is 1. The van der Waals surface area contributed by atoms with Crippen LogP contribution in [0.2, 0.25) is 0 Å². The highest BCUT2D eigenvalue weighted by atomic mass is 32.2. The van der Waals surface area contributed by atoms with Crippen molar-refractivity contribution in [2.45, 2.75) is 31.2 Å². The molecule has 0 radical (unpaired) electrons. The van der Waals surface area contributed by atoms with Crippen molar-refractivity contribution in [1.82, 2.24) is 9.21 Å². The number of benzene rings is 2. The average molecular weight is 514 g/mol. The molecule has 1 unspecified atom stereocenters. The summed E-state index contributed by atoms with van der Waals surface area (Å²) in [5, 5.41) is 13.0. The van der Waals surface area contributed by atoms with Crippen LogP contribution >= 0.6 is 11.3 Å². The van der Waals surface area contributed by atoms with Gasteiger partial charge in [-0.15, -0.1) is 11.3 Å². The smallest absolute Gasteiger partial charge is 0.269 e. The van der Waals surface area contributed by atoms with Crippen LogP contribution in [0.5, 0.6) is 0 Å². The van der Waals surface area contributed by atoms with Crippen molar-refractivity contribution >= 4 is 33.0 Å². The maximum absolute atomic E-state index is 13.7. The molecule has 0 fully saturated rings. The number of carbonyl (C=O) groups excluding carboxylic acids is 1. The van der Waals surface area contributed by atoms with Gasteiger partial charge in [-0.1, -0.05) is 44.2 Å². The monoisotopic (exact) mass is 513 g/mol. The number of nitro benzene ring substituents is 1. The molecule has 1 aliphatic heterocycles. The summed E-state index contributed by atoms with van der Waals surface area (Å²) >= 11 is 1.67. The largest absolute Gasteiger partial charge is 0.330 e. The molecule has 0 N–H and O–H groups in total. The van der Waals surface area contributed by atoms with E-state index < -0.39 is 14.9 Å². The van der Waals surface area contributed by atoms with Gasteiger partial charge >= 0.3 is 0 Å². The Balaban J connectivity index is 1.64. The fourth-order valence-corrected chi connectivity index (χ4v) is 6.82. The predicted molar refractivity (Wildman–Crippen MR) is 135 cm³/mol. The Hall–Kier alpha value is -3.08. The predicted octanol–water partition coefficient (Wildman–Crippen LogP) is 4.48. The Kier molecular flexibility index (Phi) is 7.34. The second-order valence-electron chi connectivity index (χ2n) is 8.89. The topological polar surface area (TPSA) is 101 Å². The first kappa shape index (κ1) is 25.0. The van der Waals surface area contributed by atoms with Crippen molar-refractivity contribution < 1.29 is 18.1 Å². The standard InChI is InChI=1S/C25H27N3O5S2/c1-18(2)16-26(35(32,33)21-10-8-20(9-11-21)28(30)31)17-24(29)27-14-12-23-22(13-15-34-23)25(27)19-6-4-3-5-7-19/h3-11,13,15,18,25H,12,14,16-17H2,1-2H3. The molecule has 0 aliphatic carbocycles. The van der Waals surface area contributed by atoms with Crippen LogP contribution in [-0.2, 0) is 21.2 Å². The van der Waals surface area contributed by atoms with E-state index in [1.54, 1.807) is 16.2 Å². The molecule has 1 amide bonds. The number of fused-ring (bicyclic) bond motifs is 1. The van der Waals surface area contributed by atoms with Gasteiger partial charge in [0, 0.05) is 30.1 Å². The molecule has 4 rings (SSSR count). The van der Waals surface area contributed by atoms with Crippen molar-refractivity contribution in [3.05, 3.63) is 92.2 Å². The van der Waals surface area contributed by atoms with Crippen LogP contribution in [0.15, 0.2) is 70.9 Å². The van der Waals surface area contributed by atoms with Crippen LogP contribution in [-0.4, -0.2) is 48.1 Å². The Morgan fingerprint density at radius 3 is 2.46 bits per heavy atom. The summed E-state index contributed by atoms with van der Waals surface area (Å²) in [7, 11) is -4.04. The van der Waals surface area contributed by atoms with Gasteiger partial charge in [0.15, 0.2) is 0 Å². The van der Waals surface area contributed by atoms with Crippen molar-refractivity contribution in [1.29, 1.82) is 0 Å². The van der Waals surface area contributed by atoms with E-state index in [1.165, 1.54) is 21.3 Å². The van der Waals surface area contributed by atoms with Gasteiger partial charge in [-0.2, -0.15) is 4.31 Å². The van der Waals surface area contributed by atoms with Crippen molar-refractivity contribution in [2.24, 2.45) is 5.92 Å². The quantitative estimate of drug-likeness (QED) is 0.327. The highest BCUT2D eigenvalue weighted by molar-refractivity contribution is 7.89. The van der Waals surface area contributed by atoms with E-state index >= 15 is 0 Å². The van der Waals surface area contributed by atoms with E-state index in [1.807, 2.05) is 55.6 Å². The van der Waals surface area contributed by atoms with Crippen molar-refractivity contribution in [3.63, 3.8) is 0 Å². The van der Waals surface area contributed by atoms with E-state index in [9.17, 15) is 23.3 Å². The molecule has 0 saturated carbocycles. The summed E-state index contributed by atoms with van der Waals surface area (Å²) in [6.07, 6.45) is 0.724. The number of hydrogen-bond donors (Lipinski definition) is 0. The van der Waals surface area contributed by atoms with E-state index in [2.05, 4.69) is 0 Å². The van der Waals surface area contributed by atoms with Gasteiger partial charge in [0.05, 0.1) is 22.4 Å². The number of nitrogens with zero attached hydrogens (tertiary/aromatic N) is 3. The molecule has 8 nitrogen and oxygen atoms in total. The van der Waals surface area contributed by atoms with Gasteiger partial charge < -0.3 is 4.90 Å². The summed E-state index contributed by atoms with van der Waals surface area (Å²) in [6.45, 7) is 4.11. The fourth-order valence-electron chi connectivity index (χ4n) is 4.37. The molecular formula is C25H27N3O5S2. The number of amides is 1. The van der Waals surface area contributed by atoms with Gasteiger partial charge in [-0.3, -0.25) is 14.9 Å². The van der Waals surface area contributed by atoms with Crippen LogP contribution in [0.3, 0.4) is 0 Å². The average Bonchev–Trinajstić information content (AvgIpc) is 3.32. The zero-order valence-electron chi connectivity index (χ0n) is 19.5. The van der Waals surface area contributed by atoms with E-state index in [-0.39, 0.29) is 41.5 Å². The molecule has 35 heavy (non-hydrogen) atoms. The Morgan fingerprint density at radius 2 is 1.83 bits per heavy atom. The molecule has 184 valence electrons. The lowest BCUT2D eigenvalue weighted by Gasteiger charge is -2.37. The van der Waals surface area contributed by atoms with E-state index in [0.717, 1.165) is 29.7 Å². The fraction of sp³-hybridized carbons (Fsp3) is 0.320.